The molecule has 0 amide bonds. The quantitative estimate of drug-likeness (QED) is 0.557. The van der Waals surface area contributed by atoms with Crippen molar-refractivity contribution >= 4 is 56.1 Å². The number of aromatic nitrogens is 1. The molecular weight excluding hydrogens is 389 g/mol. The van der Waals surface area contributed by atoms with Gasteiger partial charge in [-0.05, 0) is 58.2 Å². The van der Waals surface area contributed by atoms with Crippen LogP contribution in [0.25, 0.3) is 10.9 Å². The Hall–Kier alpha value is -1.68. The molecule has 0 saturated heterocycles. The average molecular weight is 397 g/mol. The van der Waals surface area contributed by atoms with Crippen LogP contribution in [0.3, 0.4) is 0 Å². The summed E-state index contributed by atoms with van der Waals surface area (Å²) in [4.78, 5) is 4.04. The van der Waals surface area contributed by atoms with E-state index in [4.69, 9.17) is 16.9 Å². The number of nitrogens with zero attached hydrogens (tertiary/aromatic N) is 1. The first kappa shape index (κ1) is 15.2. The van der Waals surface area contributed by atoms with Gasteiger partial charge in [-0.1, -0.05) is 11.6 Å². The van der Waals surface area contributed by atoms with E-state index in [2.05, 4.69) is 25.6 Å². The molecule has 7 heteroatoms. The number of nitrogens with one attached hydrogen (secondary N) is 2. The number of anilines is 1. The Kier molecular flexibility index (Phi) is 4.30. The van der Waals surface area contributed by atoms with Gasteiger partial charge in [-0.15, -0.1) is 0 Å². The third-order valence-corrected chi connectivity index (χ3v) is 5.13. The molecule has 1 aromatic heterocycles. The summed E-state index contributed by atoms with van der Waals surface area (Å²) >= 11 is 10.7. The molecule has 110 valence electrons. The Labute approximate surface area is 143 Å². The van der Waals surface area contributed by atoms with Crippen LogP contribution in [0.1, 0.15) is 5.56 Å². The number of halogens is 3. The van der Waals surface area contributed by atoms with Gasteiger partial charge in [-0.2, -0.15) is 5.26 Å². The summed E-state index contributed by atoms with van der Waals surface area (Å²) in [6, 6.07) is 9.95. The molecule has 22 heavy (non-hydrogen) atoms. The number of rotatable bonds is 3. The van der Waals surface area contributed by atoms with Gasteiger partial charge in [0.1, 0.15) is 5.82 Å². The van der Waals surface area contributed by atoms with Crippen LogP contribution in [0.4, 0.5) is 10.1 Å². The zero-order chi connectivity index (χ0) is 15.7. The minimum absolute atomic E-state index is 0.290. The van der Waals surface area contributed by atoms with Crippen LogP contribution >= 0.6 is 39.5 Å². The number of benzene rings is 2. The summed E-state index contributed by atoms with van der Waals surface area (Å²) in [5.74, 6) is -0.462. The molecule has 0 atom stereocenters. The zero-order valence-electron chi connectivity index (χ0n) is 11.0. The number of aromatic amines is 1. The summed E-state index contributed by atoms with van der Waals surface area (Å²) in [6.45, 7) is 0. The maximum absolute atomic E-state index is 13.8. The van der Waals surface area contributed by atoms with Crippen LogP contribution in [-0.4, -0.2) is 4.98 Å². The van der Waals surface area contributed by atoms with E-state index in [1.54, 1.807) is 12.1 Å². The van der Waals surface area contributed by atoms with Crippen molar-refractivity contribution in [3.8, 4) is 6.07 Å². The Morgan fingerprint density at radius 1 is 1.32 bits per heavy atom. The van der Waals surface area contributed by atoms with Gasteiger partial charge in [-0.3, -0.25) is 0 Å². The lowest BCUT2D eigenvalue weighted by molar-refractivity contribution is 0.632. The molecule has 3 nitrogen and oxygen atoms in total. The first-order valence-corrected chi connectivity index (χ1v) is 8.16. The fourth-order valence-electron chi connectivity index (χ4n) is 1.95. The average Bonchev–Trinajstić information content (AvgIpc) is 2.88. The molecule has 0 aliphatic rings. The van der Waals surface area contributed by atoms with Crippen LogP contribution in [0.5, 0.6) is 0 Å². The Morgan fingerprint density at radius 3 is 2.86 bits per heavy atom. The van der Waals surface area contributed by atoms with Gasteiger partial charge in [0.05, 0.1) is 27.2 Å². The van der Waals surface area contributed by atoms with Gasteiger partial charge in [0.15, 0.2) is 0 Å². The van der Waals surface area contributed by atoms with E-state index < -0.39 is 5.82 Å². The van der Waals surface area contributed by atoms with E-state index in [9.17, 15) is 4.39 Å². The molecule has 0 saturated carbocycles. The SMILES string of the molecule is N#Cc1ccc(NSc2c[nH]c3cc(Cl)c(Br)cc23)c(F)c1. The largest absolute Gasteiger partial charge is 0.360 e. The van der Waals surface area contributed by atoms with Crippen LogP contribution in [0.15, 0.2) is 45.9 Å². The van der Waals surface area contributed by atoms with Crippen LogP contribution in [0.2, 0.25) is 5.02 Å². The summed E-state index contributed by atoms with van der Waals surface area (Å²) in [5, 5.41) is 10.3. The monoisotopic (exact) mass is 395 g/mol. The van der Waals surface area contributed by atoms with E-state index in [0.29, 0.717) is 16.3 Å². The van der Waals surface area contributed by atoms with Crippen molar-refractivity contribution < 1.29 is 4.39 Å². The predicted octanol–water partition coefficient (Wildman–Crippen LogP) is 5.71. The van der Waals surface area contributed by atoms with Crippen molar-refractivity contribution in [3.05, 3.63) is 57.4 Å². The molecule has 2 N–H and O–H groups in total. The van der Waals surface area contributed by atoms with Gasteiger partial charge in [-0.25, -0.2) is 4.39 Å². The predicted molar refractivity (Wildman–Crippen MR) is 91.6 cm³/mol. The first-order valence-electron chi connectivity index (χ1n) is 6.17. The highest BCUT2D eigenvalue weighted by Crippen LogP contribution is 2.34. The van der Waals surface area contributed by atoms with Gasteiger partial charge in [0.25, 0.3) is 0 Å². The van der Waals surface area contributed by atoms with Crippen LogP contribution in [-0.2, 0) is 0 Å². The maximum Gasteiger partial charge on any atom is 0.148 e. The van der Waals surface area contributed by atoms with Crippen molar-refractivity contribution in [1.29, 1.82) is 5.26 Å². The summed E-state index contributed by atoms with van der Waals surface area (Å²) in [7, 11) is 0. The Balaban J connectivity index is 1.85. The molecule has 3 aromatic rings. The van der Waals surface area contributed by atoms with Gasteiger partial charge in [0, 0.05) is 21.6 Å². The van der Waals surface area contributed by atoms with Gasteiger partial charge >= 0.3 is 0 Å². The Morgan fingerprint density at radius 2 is 2.14 bits per heavy atom. The molecule has 0 fully saturated rings. The van der Waals surface area contributed by atoms with E-state index in [0.717, 1.165) is 20.3 Å². The van der Waals surface area contributed by atoms with E-state index >= 15 is 0 Å². The van der Waals surface area contributed by atoms with Gasteiger partial charge in [0.2, 0.25) is 0 Å². The Bertz CT molecular complexity index is 904. The second kappa shape index (κ2) is 6.21. The van der Waals surface area contributed by atoms with Crippen molar-refractivity contribution in [3.63, 3.8) is 0 Å². The van der Waals surface area contributed by atoms with E-state index in [1.165, 1.54) is 18.0 Å². The molecular formula is C15H8BrClFN3S. The fourth-order valence-corrected chi connectivity index (χ4v) is 3.24. The second-order valence-electron chi connectivity index (χ2n) is 4.48. The number of H-pyrrole nitrogens is 1. The fraction of sp³-hybridized carbons (Fsp3) is 0. The third kappa shape index (κ3) is 2.93. The number of hydrogen-bond acceptors (Lipinski definition) is 3. The van der Waals surface area contributed by atoms with Gasteiger partial charge < -0.3 is 9.71 Å². The lowest BCUT2D eigenvalue weighted by atomic mass is 10.2. The highest BCUT2D eigenvalue weighted by Gasteiger charge is 2.09. The third-order valence-electron chi connectivity index (χ3n) is 3.05. The molecule has 0 spiro atoms. The molecule has 0 unspecified atom stereocenters. The topological polar surface area (TPSA) is 51.6 Å². The van der Waals surface area contributed by atoms with E-state index in [-0.39, 0.29) is 0 Å². The highest BCUT2D eigenvalue weighted by atomic mass is 79.9. The zero-order valence-corrected chi connectivity index (χ0v) is 14.1. The normalized spacial score (nSPS) is 10.6. The smallest absolute Gasteiger partial charge is 0.148 e. The van der Waals surface area contributed by atoms with Crippen molar-refractivity contribution in [2.75, 3.05) is 4.72 Å². The molecule has 3 rings (SSSR count). The molecule has 0 aliphatic heterocycles. The molecule has 0 bridgehead atoms. The van der Waals surface area contributed by atoms with E-state index in [1.807, 2.05) is 24.4 Å². The highest BCUT2D eigenvalue weighted by molar-refractivity contribution is 9.10. The summed E-state index contributed by atoms with van der Waals surface area (Å²) in [6.07, 6.45) is 1.83. The van der Waals surface area contributed by atoms with Crippen molar-refractivity contribution in [2.45, 2.75) is 4.90 Å². The number of fused-ring (bicyclic) bond motifs is 1. The summed E-state index contributed by atoms with van der Waals surface area (Å²) < 4.78 is 17.6. The first-order chi connectivity index (χ1) is 10.6. The van der Waals surface area contributed by atoms with Crippen LogP contribution < -0.4 is 4.72 Å². The lowest BCUT2D eigenvalue weighted by Crippen LogP contribution is -1.91. The number of hydrogen-bond donors (Lipinski definition) is 2. The molecule has 0 radical (unpaired) electrons. The summed E-state index contributed by atoms with van der Waals surface area (Å²) in [5.41, 5.74) is 1.52. The number of nitriles is 1. The molecule has 2 aromatic carbocycles. The second-order valence-corrected chi connectivity index (χ2v) is 6.58. The minimum Gasteiger partial charge on any atom is -0.360 e. The minimum atomic E-state index is -0.462. The molecule has 1 heterocycles. The lowest BCUT2D eigenvalue weighted by Gasteiger charge is -2.06. The maximum atomic E-state index is 13.8. The van der Waals surface area contributed by atoms with Crippen LogP contribution in [0, 0.1) is 17.1 Å². The van der Waals surface area contributed by atoms with Crippen molar-refractivity contribution in [2.24, 2.45) is 0 Å². The standard InChI is InChI=1S/C15H8BrClFN3S/c16-10-4-9-14(5-11(10)17)20-7-15(9)22-21-13-2-1-8(6-19)3-12(13)18/h1-5,7,20-21H. The molecule has 0 aliphatic carbocycles. The van der Waals surface area contributed by atoms with Crippen molar-refractivity contribution in [1.82, 2.24) is 4.98 Å².